The summed E-state index contributed by atoms with van der Waals surface area (Å²) in [6.07, 6.45) is 2.51. The average molecular weight is 316 g/mol. The molecule has 1 fully saturated rings. The molecule has 15 heavy (non-hydrogen) atoms. The van der Waals surface area contributed by atoms with E-state index in [9.17, 15) is 4.79 Å². The van der Waals surface area contributed by atoms with Crippen LogP contribution in [0.2, 0.25) is 0 Å². The molecule has 0 aliphatic heterocycles. The highest BCUT2D eigenvalue weighted by Gasteiger charge is 2.21. The summed E-state index contributed by atoms with van der Waals surface area (Å²) in [6, 6.07) is 7.63. The first kappa shape index (κ1) is 10.7. The Labute approximate surface area is 103 Å². The molecule has 1 aliphatic rings. The maximum absolute atomic E-state index is 11.5. The molecule has 2 rings (SSSR count). The summed E-state index contributed by atoms with van der Waals surface area (Å²) in [5, 5.41) is 5.70. The van der Waals surface area contributed by atoms with Gasteiger partial charge in [0.25, 0.3) is 0 Å². The molecule has 2 N–H and O–H groups in total. The summed E-state index contributed by atoms with van der Waals surface area (Å²) in [4.78, 5) is 11.5. The van der Waals surface area contributed by atoms with Crippen LogP contribution in [-0.2, 0) is 0 Å². The van der Waals surface area contributed by atoms with Crippen LogP contribution in [0.3, 0.4) is 0 Å². The summed E-state index contributed by atoms with van der Waals surface area (Å²) in [7, 11) is 0. The van der Waals surface area contributed by atoms with Gasteiger partial charge in [0.05, 0.1) is 5.69 Å². The van der Waals surface area contributed by atoms with E-state index in [4.69, 9.17) is 0 Å². The number of anilines is 1. The quantitative estimate of drug-likeness (QED) is 0.827. The zero-order valence-corrected chi connectivity index (χ0v) is 10.5. The smallest absolute Gasteiger partial charge is 0.319 e. The van der Waals surface area contributed by atoms with Gasteiger partial charge in [0.2, 0.25) is 0 Å². The van der Waals surface area contributed by atoms with Crippen molar-refractivity contribution in [1.82, 2.24) is 5.32 Å². The molecule has 1 aromatic carbocycles. The maximum atomic E-state index is 11.5. The van der Waals surface area contributed by atoms with E-state index in [1.54, 1.807) is 0 Å². The largest absolute Gasteiger partial charge is 0.338 e. The van der Waals surface area contributed by atoms with Crippen molar-refractivity contribution in [3.05, 3.63) is 27.8 Å². The Hall–Kier alpha value is -0.780. The summed E-state index contributed by atoms with van der Waals surface area (Å²) in [5.41, 5.74) is 0.867. The molecule has 3 nitrogen and oxygen atoms in total. The first-order valence-electron chi connectivity index (χ1n) is 5.05. The van der Waals surface area contributed by atoms with E-state index in [0.717, 1.165) is 15.8 Å². The van der Waals surface area contributed by atoms with Crippen LogP contribution in [0.1, 0.15) is 12.8 Å². The van der Waals surface area contributed by atoms with Crippen molar-refractivity contribution in [3.63, 3.8) is 0 Å². The summed E-state index contributed by atoms with van der Waals surface area (Å²) < 4.78 is 1.05. The summed E-state index contributed by atoms with van der Waals surface area (Å²) in [6.45, 7) is 0.801. The molecule has 0 saturated heterocycles. The lowest BCUT2D eigenvalue weighted by Gasteiger charge is -2.08. The number of hydrogen-bond acceptors (Lipinski definition) is 1. The second-order valence-electron chi connectivity index (χ2n) is 3.76. The van der Waals surface area contributed by atoms with E-state index in [1.807, 2.05) is 24.3 Å². The number of carbonyl (C=O) groups excluding carboxylic acids is 1. The zero-order valence-electron chi connectivity index (χ0n) is 8.29. The van der Waals surface area contributed by atoms with Gasteiger partial charge >= 0.3 is 6.03 Å². The van der Waals surface area contributed by atoms with Crippen LogP contribution in [0.25, 0.3) is 0 Å². The van der Waals surface area contributed by atoms with E-state index in [1.165, 1.54) is 12.8 Å². The molecular formula is C11H13IN2O. The standard InChI is InChI=1S/C11H13IN2O/c12-9-3-1-2-4-10(9)14-11(15)13-7-8-5-6-8/h1-4,8H,5-7H2,(H2,13,14,15). The van der Waals surface area contributed by atoms with Crippen molar-refractivity contribution < 1.29 is 4.79 Å². The molecule has 2 amide bonds. The van der Waals surface area contributed by atoms with Gasteiger partial charge < -0.3 is 10.6 Å². The second kappa shape index (κ2) is 4.83. The number of halogens is 1. The third-order valence-electron chi connectivity index (χ3n) is 2.37. The molecule has 1 aliphatic carbocycles. The minimum Gasteiger partial charge on any atom is -0.338 e. The second-order valence-corrected chi connectivity index (χ2v) is 4.92. The Morgan fingerprint density at radius 1 is 1.40 bits per heavy atom. The van der Waals surface area contributed by atoms with E-state index < -0.39 is 0 Å². The van der Waals surface area contributed by atoms with Crippen molar-refractivity contribution in [3.8, 4) is 0 Å². The number of carbonyl (C=O) groups is 1. The van der Waals surface area contributed by atoms with Crippen LogP contribution in [-0.4, -0.2) is 12.6 Å². The normalized spacial score (nSPS) is 14.7. The first-order chi connectivity index (χ1) is 7.25. The zero-order chi connectivity index (χ0) is 10.7. The monoisotopic (exact) mass is 316 g/mol. The SMILES string of the molecule is O=C(NCC1CC1)Nc1ccccc1I. The lowest BCUT2D eigenvalue weighted by atomic mass is 10.3. The molecule has 0 atom stereocenters. The van der Waals surface area contributed by atoms with Gasteiger partial charge in [0.15, 0.2) is 0 Å². The first-order valence-corrected chi connectivity index (χ1v) is 6.13. The molecule has 0 bridgehead atoms. The minimum atomic E-state index is -0.106. The summed E-state index contributed by atoms with van der Waals surface area (Å²) in [5.74, 6) is 0.714. The number of hydrogen-bond donors (Lipinski definition) is 2. The Balaban J connectivity index is 1.84. The van der Waals surface area contributed by atoms with E-state index in [2.05, 4.69) is 33.2 Å². The molecule has 0 aromatic heterocycles. The van der Waals surface area contributed by atoms with Gasteiger partial charge in [-0.25, -0.2) is 4.79 Å². The molecule has 1 aromatic rings. The van der Waals surface area contributed by atoms with E-state index >= 15 is 0 Å². The van der Waals surface area contributed by atoms with Crippen molar-refractivity contribution in [2.24, 2.45) is 5.92 Å². The van der Waals surface area contributed by atoms with Crippen LogP contribution in [0.5, 0.6) is 0 Å². The molecule has 0 unspecified atom stereocenters. The van der Waals surface area contributed by atoms with E-state index in [0.29, 0.717) is 5.92 Å². The number of rotatable bonds is 3. The van der Waals surface area contributed by atoms with Crippen molar-refractivity contribution in [1.29, 1.82) is 0 Å². The topological polar surface area (TPSA) is 41.1 Å². The molecule has 0 spiro atoms. The number of amides is 2. The Morgan fingerprint density at radius 3 is 2.80 bits per heavy atom. The van der Waals surface area contributed by atoms with Gasteiger partial charge in [-0.05, 0) is 53.5 Å². The van der Waals surface area contributed by atoms with Gasteiger partial charge in [-0.3, -0.25) is 0 Å². The van der Waals surface area contributed by atoms with E-state index in [-0.39, 0.29) is 6.03 Å². The minimum absolute atomic E-state index is 0.106. The van der Waals surface area contributed by atoms with Crippen molar-refractivity contribution in [2.45, 2.75) is 12.8 Å². The third-order valence-corrected chi connectivity index (χ3v) is 3.31. The van der Waals surface area contributed by atoms with Gasteiger partial charge in [0, 0.05) is 10.1 Å². The Kier molecular flexibility index (Phi) is 3.45. The van der Waals surface area contributed by atoms with Gasteiger partial charge in [-0.1, -0.05) is 12.1 Å². The van der Waals surface area contributed by atoms with Crippen LogP contribution < -0.4 is 10.6 Å². The van der Waals surface area contributed by atoms with Crippen LogP contribution in [0.4, 0.5) is 10.5 Å². The van der Waals surface area contributed by atoms with Crippen molar-refractivity contribution >= 4 is 34.3 Å². The van der Waals surface area contributed by atoms with Crippen molar-refractivity contribution in [2.75, 3.05) is 11.9 Å². The Bertz CT molecular complexity index is 363. The lowest BCUT2D eigenvalue weighted by Crippen LogP contribution is -2.30. The van der Waals surface area contributed by atoms with Crippen LogP contribution in [0.15, 0.2) is 24.3 Å². The average Bonchev–Trinajstić information content (AvgIpc) is 3.02. The predicted octanol–water partition coefficient (Wildman–Crippen LogP) is 2.82. The number of nitrogens with one attached hydrogen (secondary N) is 2. The third kappa shape index (κ3) is 3.37. The molecule has 0 radical (unpaired) electrons. The lowest BCUT2D eigenvalue weighted by molar-refractivity contribution is 0.251. The molecule has 80 valence electrons. The van der Waals surface area contributed by atoms with Crippen LogP contribution >= 0.6 is 22.6 Å². The number of benzene rings is 1. The highest BCUT2D eigenvalue weighted by Crippen LogP contribution is 2.27. The van der Waals surface area contributed by atoms with Gasteiger partial charge in [-0.15, -0.1) is 0 Å². The fourth-order valence-corrected chi connectivity index (χ4v) is 1.81. The number of para-hydroxylation sites is 1. The fourth-order valence-electron chi connectivity index (χ4n) is 1.29. The van der Waals surface area contributed by atoms with Gasteiger partial charge in [-0.2, -0.15) is 0 Å². The van der Waals surface area contributed by atoms with Crippen LogP contribution in [0, 0.1) is 9.49 Å². The predicted molar refractivity (Wildman–Crippen MR) is 68.9 cm³/mol. The maximum Gasteiger partial charge on any atom is 0.319 e. The fraction of sp³-hybridized carbons (Fsp3) is 0.364. The molecule has 0 heterocycles. The molecule has 4 heteroatoms. The Morgan fingerprint density at radius 2 is 2.13 bits per heavy atom. The number of urea groups is 1. The molecular weight excluding hydrogens is 303 g/mol. The highest BCUT2D eigenvalue weighted by molar-refractivity contribution is 14.1. The summed E-state index contributed by atoms with van der Waals surface area (Å²) >= 11 is 2.21. The molecule has 1 saturated carbocycles. The van der Waals surface area contributed by atoms with Gasteiger partial charge in [0.1, 0.15) is 0 Å². The highest BCUT2D eigenvalue weighted by atomic mass is 127.